The second-order valence-corrected chi connectivity index (χ2v) is 4.47. The number of hydrogen-bond donors (Lipinski definition) is 2. The number of amides is 1. The van der Waals surface area contributed by atoms with Gasteiger partial charge in [-0.25, -0.2) is 0 Å². The van der Waals surface area contributed by atoms with Crippen molar-refractivity contribution in [2.75, 3.05) is 18.9 Å². The van der Waals surface area contributed by atoms with E-state index in [9.17, 15) is 20.0 Å². The smallest absolute Gasteiger partial charge is 0.292 e. The van der Waals surface area contributed by atoms with Crippen molar-refractivity contribution in [2.45, 2.75) is 18.9 Å². The molecule has 0 saturated carbocycles. The average molecular weight is 265 g/mol. The molecule has 1 unspecified atom stereocenters. The summed E-state index contributed by atoms with van der Waals surface area (Å²) in [5, 5.41) is 20.0. The molecule has 19 heavy (non-hydrogen) atoms. The number of carbonyl (C=O) groups excluding carboxylic acids is 1. The summed E-state index contributed by atoms with van der Waals surface area (Å²) in [5.41, 5.74) is 5.41. The molecule has 102 valence electrons. The molecule has 1 aliphatic heterocycles. The van der Waals surface area contributed by atoms with Crippen LogP contribution in [0.5, 0.6) is 0 Å². The third-order valence-electron chi connectivity index (χ3n) is 3.36. The molecule has 2 rings (SSSR count). The molecule has 1 saturated heterocycles. The van der Waals surface area contributed by atoms with Gasteiger partial charge in [0.25, 0.3) is 11.6 Å². The molecule has 1 atom stereocenters. The number of benzene rings is 1. The van der Waals surface area contributed by atoms with Gasteiger partial charge < -0.3 is 15.7 Å². The number of anilines is 1. The number of hydrogen-bond acceptors (Lipinski definition) is 5. The van der Waals surface area contributed by atoms with E-state index in [-0.39, 0.29) is 35.5 Å². The van der Waals surface area contributed by atoms with Crippen molar-refractivity contribution in [1.29, 1.82) is 0 Å². The molecule has 7 heteroatoms. The fourth-order valence-corrected chi connectivity index (χ4v) is 2.35. The van der Waals surface area contributed by atoms with Gasteiger partial charge in [0.2, 0.25) is 0 Å². The summed E-state index contributed by atoms with van der Waals surface area (Å²) in [4.78, 5) is 24.0. The van der Waals surface area contributed by atoms with Crippen LogP contribution in [0.4, 0.5) is 11.4 Å². The first-order valence-electron chi connectivity index (χ1n) is 6.01. The first-order chi connectivity index (χ1) is 9.06. The SMILES string of the molecule is Nc1c(C(=O)N2CCCC2CO)cccc1[N+](=O)[O-]. The number of nitrogens with zero attached hydrogens (tertiary/aromatic N) is 2. The standard InChI is InChI=1S/C12H15N3O4/c13-11-9(4-1-5-10(11)15(18)19)12(17)14-6-2-3-8(14)7-16/h1,4-5,8,16H,2-3,6-7,13H2. The molecule has 1 aliphatic rings. The molecule has 0 aromatic heterocycles. The molecule has 0 bridgehead atoms. The molecular formula is C12H15N3O4. The van der Waals surface area contributed by atoms with Crippen LogP contribution in [0.3, 0.4) is 0 Å². The summed E-state index contributed by atoms with van der Waals surface area (Å²) in [7, 11) is 0. The van der Waals surface area contributed by atoms with E-state index in [0.29, 0.717) is 6.54 Å². The second-order valence-electron chi connectivity index (χ2n) is 4.47. The summed E-state index contributed by atoms with van der Waals surface area (Å²) < 4.78 is 0. The van der Waals surface area contributed by atoms with Gasteiger partial charge in [-0.3, -0.25) is 14.9 Å². The normalized spacial score (nSPS) is 18.6. The summed E-state index contributed by atoms with van der Waals surface area (Å²) in [6.45, 7) is 0.423. The third kappa shape index (κ3) is 2.37. The summed E-state index contributed by atoms with van der Waals surface area (Å²) in [6.07, 6.45) is 1.54. The molecule has 3 N–H and O–H groups in total. The Kier molecular flexibility index (Phi) is 3.66. The summed E-state index contributed by atoms with van der Waals surface area (Å²) in [5.74, 6) is -0.363. The van der Waals surface area contributed by atoms with Crippen molar-refractivity contribution in [3.63, 3.8) is 0 Å². The van der Waals surface area contributed by atoms with Crippen LogP contribution in [0.15, 0.2) is 18.2 Å². The molecule has 1 aromatic rings. The number of aliphatic hydroxyl groups is 1. The van der Waals surface area contributed by atoms with Crippen molar-refractivity contribution >= 4 is 17.3 Å². The Bertz CT molecular complexity index is 518. The second kappa shape index (κ2) is 5.23. The van der Waals surface area contributed by atoms with Crippen LogP contribution in [0.2, 0.25) is 0 Å². The summed E-state index contributed by atoms with van der Waals surface area (Å²) >= 11 is 0. The third-order valence-corrected chi connectivity index (χ3v) is 3.36. The van der Waals surface area contributed by atoms with E-state index < -0.39 is 4.92 Å². The minimum absolute atomic E-state index is 0.111. The first-order valence-corrected chi connectivity index (χ1v) is 6.01. The van der Waals surface area contributed by atoms with Gasteiger partial charge in [-0.1, -0.05) is 6.07 Å². The van der Waals surface area contributed by atoms with Crippen LogP contribution in [-0.4, -0.2) is 40.0 Å². The van der Waals surface area contributed by atoms with Crippen molar-refractivity contribution in [3.05, 3.63) is 33.9 Å². The van der Waals surface area contributed by atoms with Crippen LogP contribution >= 0.6 is 0 Å². The van der Waals surface area contributed by atoms with Crippen molar-refractivity contribution < 1.29 is 14.8 Å². The fraction of sp³-hybridized carbons (Fsp3) is 0.417. The largest absolute Gasteiger partial charge is 0.394 e. The number of nitro benzene ring substituents is 1. The van der Waals surface area contributed by atoms with Gasteiger partial charge in [0.05, 0.1) is 23.1 Å². The van der Waals surface area contributed by atoms with Gasteiger partial charge >= 0.3 is 0 Å². The lowest BCUT2D eigenvalue weighted by Gasteiger charge is -2.23. The highest BCUT2D eigenvalue weighted by molar-refractivity contribution is 6.01. The Balaban J connectivity index is 2.34. The quantitative estimate of drug-likeness (QED) is 0.476. The highest BCUT2D eigenvalue weighted by Crippen LogP contribution is 2.28. The number of aliphatic hydroxyl groups excluding tert-OH is 1. The maximum absolute atomic E-state index is 12.3. The minimum atomic E-state index is -0.611. The Labute approximate surface area is 109 Å². The molecule has 1 aromatic carbocycles. The van der Waals surface area contributed by atoms with Gasteiger partial charge in [-0.2, -0.15) is 0 Å². The molecular weight excluding hydrogens is 250 g/mol. The molecule has 0 aliphatic carbocycles. The van der Waals surface area contributed by atoms with Gasteiger partial charge in [-0.05, 0) is 18.9 Å². The van der Waals surface area contributed by atoms with Crippen molar-refractivity contribution in [2.24, 2.45) is 0 Å². The maximum Gasteiger partial charge on any atom is 0.292 e. The first kappa shape index (κ1) is 13.3. The zero-order valence-electron chi connectivity index (χ0n) is 10.3. The fourth-order valence-electron chi connectivity index (χ4n) is 2.35. The molecule has 0 spiro atoms. The lowest BCUT2D eigenvalue weighted by molar-refractivity contribution is -0.383. The van der Waals surface area contributed by atoms with E-state index in [1.54, 1.807) is 0 Å². The number of nitrogen functional groups attached to an aromatic ring is 1. The lowest BCUT2D eigenvalue weighted by atomic mass is 10.1. The van der Waals surface area contributed by atoms with Crippen LogP contribution in [0.25, 0.3) is 0 Å². The highest BCUT2D eigenvalue weighted by atomic mass is 16.6. The number of nitrogens with two attached hydrogens (primary N) is 1. The predicted octanol–water partition coefficient (Wildman–Crippen LogP) is 0.774. The Hall–Kier alpha value is -2.15. The molecule has 7 nitrogen and oxygen atoms in total. The Morgan fingerprint density at radius 2 is 2.32 bits per heavy atom. The topological polar surface area (TPSA) is 110 Å². The number of rotatable bonds is 3. The van der Waals surface area contributed by atoms with Crippen LogP contribution in [0.1, 0.15) is 23.2 Å². The van der Waals surface area contributed by atoms with Crippen molar-refractivity contribution in [1.82, 2.24) is 4.90 Å². The van der Waals surface area contributed by atoms with Gasteiger partial charge in [-0.15, -0.1) is 0 Å². The van der Waals surface area contributed by atoms with E-state index in [2.05, 4.69) is 0 Å². The van der Waals surface area contributed by atoms with Crippen LogP contribution in [-0.2, 0) is 0 Å². The Morgan fingerprint density at radius 3 is 2.95 bits per heavy atom. The van der Waals surface area contributed by atoms with E-state index in [4.69, 9.17) is 5.73 Å². The molecule has 1 amide bonds. The van der Waals surface area contributed by atoms with E-state index >= 15 is 0 Å². The van der Waals surface area contributed by atoms with E-state index in [1.807, 2.05) is 0 Å². The summed E-state index contributed by atoms with van der Waals surface area (Å²) in [6, 6.07) is 3.94. The molecule has 0 radical (unpaired) electrons. The number of nitro groups is 1. The van der Waals surface area contributed by atoms with E-state index in [1.165, 1.54) is 23.1 Å². The zero-order valence-corrected chi connectivity index (χ0v) is 10.3. The van der Waals surface area contributed by atoms with Crippen molar-refractivity contribution in [3.8, 4) is 0 Å². The van der Waals surface area contributed by atoms with E-state index in [0.717, 1.165) is 12.8 Å². The van der Waals surface area contributed by atoms with Crippen LogP contribution < -0.4 is 5.73 Å². The lowest BCUT2D eigenvalue weighted by Crippen LogP contribution is -2.38. The number of carbonyl (C=O) groups is 1. The monoisotopic (exact) mass is 265 g/mol. The maximum atomic E-state index is 12.3. The van der Waals surface area contributed by atoms with Gasteiger partial charge in [0.15, 0.2) is 0 Å². The van der Waals surface area contributed by atoms with Crippen LogP contribution in [0, 0.1) is 10.1 Å². The number of para-hydroxylation sites is 1. The zero-order chi connectivity index (χ0) is 14.0. The van der Waals surface area contributed by atoms with Gasteiger partial charge in [0, 0.05) is 12.6 Å². The highest BCUT2D eigenvalue weighted by Gasteiger charge is 2.31. The molecule has 1 fully saturated rings. The number of likely N-dealkylation sites (tertiary alicyclic amines) is 1. The minimum Gasteiger partial charge on any atom is -0.394 e. The van der Waals surface area contributed by atoms with Gasteiger partial charge in [0.1, 0.15) is 5.69 Å². The average Bonchev–Trinajstić information content (AvgIpc) is 2.86. The Morgan fingerprint density at radius 1 is 1.58 bits per heavy atom. The predicted molar refractivity (Wildman–Crippen MR) is 68.7 cm³/mol. The molecule has 1 heterocycles.